The molecule has 0 aromatic heterocycles. The minimum atomic E-state index is -1.19. The molecule has 0 bridgehead atoms. The second kappa shape index (κ2) is 4.29. The van der Waals surface area contributed by atoms with Crippen LogP contribution in [0.4, 0.5) is 4.39 Å². The fraction of sp³-hybridized carbons (Fsp3) is 0.500. The van der Waals surface area contributed by atoms with Crippen LogP contribution in [0.25, 0.3) is 0 Å². The first-order valence-corrected chi connectivity index (χ1v) is 4.94. The molecule has 0 amide bonds. The Hall–Kier alpha value is -0.930. The van der Waals surface area contributed by atoms with Crippen molar-refractivity contribution in [3.63, 3.8) is 0 Å². The van der Waals surface area contributed by atoms with Gasteiger partial charge in [0.05, 0.1) is 6.10 Å². The van der Waals surface area contributed by atoms with E-state index < -0.39 is 23.4 Å². The van der Waals surface area contributed by atoms with Crippen LogP contribution in [-0.4, -0.2) is 16.3 Å². The molecule has 0 saturated heterocycles. The third-order valence-corrected chi connectivity index (χ3v) is 2.41. The van der Waals surface area contributed by atoms with Crippen LogP contribution in [0.2, 0.25) is 0 Å². The molecule has 0 saturated carbocycles. The fourth-order valence-electron chi connectivity index (χ4n) is 1.36. The lowest BCUT2D eigenvalue weighted by molar-refractivity contribution is -0.0472. The van der Waals surface area contributed by atoms with E-state index in [9.17, 15) is 14.6 Å². The molecule has 0 radical (unpaired) electrons. The van der Waals surface area contributed by atoms with Crippen molar-refractivity contribution < 1.29 is 14.6 Å². The molecule has 84 valence electrons. The molecule has 2 atom stereocenters. The number of hydrogen-bond donors (Lipinski definition) is 2. The van der Waals surface area contributed by atoms with E-state index in [1.807, 2.05) is 0 Å². The summed E-state index contributed by atoms with van der Waals surface area (Å²) in [4.78, 5) is 0. The molecule has 3 heteroatoms. The van der Waals surface area contributed by atoms with Crippen molar-refractivity contribution >= 4 is 0 Å². The van der Waals surface area contributed by atoms with Crippen molar-refractivity contribution in [1.82, 2.24) is 0 Å². The van der Waals surface area contributed by atoms with Gasteiger partial charge in [0.25, 0.3) is 0 Å². The summed E-state index contributed by atoms with van der Waals surface area (Å²) in [5.74, 6) is -0.492. The predicted molar refractivity (Wildman–Crippen MR) is 56.8 cm³/mol. The highest BCUT2D eigenvalue weighted by Gasteiger charge is 2.31. The van der Waals surface area contributed by atoms with Gasteiger partial charge < -0.3 is 10.2 Å². The van der Waals surface area contributed by atoms with E-state index in [1.165, 1.54) is 12.1 Å². The van der Waals surface area contributed by atoms with E-state index >= 15 is 0 Å². The van der Waals surface area contributed by atoms with Gasteiger partial charge in [0.15, 0.2) is 0 Å². The van der Waals surface area contributed by atoms with E-state index in [0.29, 0.717) is 0 Å². The molecule has 0 aliphatic rings. The van der Waals surface area contributed by atoms with Gasteiger partial charge in [-0.3, -0.25) is 0 Å². The van der Waals surface area contributed by atoms with Crippen molar-refractivity contribution in [2.45, 2.75) is 33.0 Å². The van der Waals surface area contributed by atoms with Crippen molar-refractivity contribution in [2.24, 2.45) is 5.41 Å². The fourth-order valence-corrected chi connectivity index (χ4v) is 1.36. The SMILES string of the molecule is CC(C)(C)C(O)C(O)c1ccccc1F. The Bertz CT molecular complexity index is 331. The molecule has 1 aromatic carbocycles. The Kier molecular flexibility index (Phi) is 3.47. The molecule has 2 N–H and O–H groups in total. The largest absolute Gasteiger partial charge is 0.390 e. The molecular weight excluding hydrogens is 195 g/mol. The van der Waals surface area contributed by atoms with Gasteiger partial charge in [0.1, 0.15) is 11.9 Å². The lowest BCUT2D eigenvalue weighted by atomic mass is 9.83. The van der Waals surface area contributed by atoms with Crippen LogP contribution in [0.5, 0.6) is 0 Å². The number of aliphatic hydroxyl groups is 2. The first kappa shape index (κ1) is 12.1. The van der Waals surface area contributed by atoms with Gasteiger partial charge in [-0.15, -0.1) is 0 Å². The van der Waals surface area contributed by atoms with Gasteiger partial charge >= 0.3 is 0 Å². The Balaban J connectivity index is 2.95. The molecule has 2 unspecified atom stereocenters. The summed E-state index contributed by atoms with van der Waals surface area (Å²) in [6.45, 7) is 5.38. The van der Waals surface area contributed by atoms with Gasteiger partial charge in [0.2, 0.25) is 0 Å². The van der Waals surface area contributed by atoms with Gasteiger partial charge in [-0.1, -0.05) is 39.0 Å². The lowest BCUT2D eigenvalue weighted by Gasteiger charge is -2.30. The second-order valence-electron chi connectivity index (χ2n) is 4.78. The van der Waals surface area contributed by atoms with Crippen molar-refractivity contribution in [3.05, 3.63) is 35.6 Å². The average molecular weight is 212 g/mol. The normalized spacial score (nSPS) is 16.1. The van der Waals surface area contributed by atoms with Crippen LogP contribution in [0.15, 0.2) is 24.3 Å². The van der Waals surface area contributed by atoms with Crippen LogP contribution < -0.4 is 0 Å². The van der Waals surface area contributed by atoms with E-state index in [-0.39, 0.29) is 5.56 Å². The zero-order valence-electron chi connectivity index (χ0n) is 9.24. The predicted octanol–water partition coefficient (Wildman–Crippen LogP) is 2.27. The Morgan fingerprint density at radius 3 is 2.13 bits per heavy atom. The quantitative estimate of drug-likeness (QED) is 0.789. The topological polar surface area (TPSA) is 40.5 Å². The molecule has 0 aliphatic heterocycles. The molecular formula is C12H17FO2. The Morgan fingerprint density at radius 1 is 1.13 bits per heavy atom. The molecule has 0 aliphatic carbocycles. The summed E-state index contributed by atoms with van der Waals surface area (Å²) in [6.07, 6.45) is -2.18. The molecule has 2 nitrogen and oxygen atoms in total. The van der Waals surface area contributed by atoms with Crippen LogP contribution in [0.3, 0.4) is 0 Å². The minimum absolute atomic E-state index is 0.139. The minimum Gasteiger partial charge on any atom is -0.390 e. The highest BCUT2D eigenvalue weighted by Crippen LogP contribution is 2.30. The highest BCUT2D eigenvalue weighted by atomic mass is 19.1. The van der Waals surface area contributed by atoms with Crippen molar-refractivity contribution in [3.8, 4) is 0 Å². The second-order valence-corrected chi connectivity index (χ2v) is 4.78. The Labute approximate surface area is 89.4 Å². The molecule has 0 fully saturated rings. The zero-order valence-corrected chi connectivity index (χ0v) is 9.24. The van der Waals surface area contributed by atoms with E-state index in [0.717, 1.165) is 0 Å². The number of hydrogen-bond acceptors (Lipinski definition) is 2. The maximum atomic E-state index is 13.3. The molecule has 15 heavy (non-hydrogen) atoms. The summed E-state index contributed by atoms with van der Waals surface area (Å²) < 4.78 is 13.3. The maximum Gasteiger partial charge on any atom is 0.129 e. The standard InChI is InChI=1S/C12H17FO2/c1-12(2,3)11(15)10(14)8-6-4-5-7-9(8)13/h4-7,10-11,14-15H,1-3H3. The molecule has 0 spiro atoms. The van der Waals surface area contributed by atoms with E-state index in [2.05, 4.69) is 0 Å². The van der Waals surface area contributed by atoms with Gasteiger partial charge in [-0.25, -0.2) is 4.39 Å². The number of benzene rings is 1. The summed E-state index contributed by atoms with van der Waals surface area (Å²) in [5, 5.41) is 19.6. The molecule has 1 rings (SSSR count). The van der Waals surface area contributed by atoms with Crippen LogP contribution in [0.1, 0.15) is 32.4 Å². The third-order valence-electron chi connectivity index (χ3n) is 2.41. The van der Waals surface area contributed by atoms with E-state index in [4.69, 9.17) is 0 Å². The summed E-state index contributed by atoms with van der Waals surface area (Å²) >= 11 is 0. The van der Waals surface area contributed by atoms with E-state index in [1.54, 1.807) is 32.9 Å². The van der Waals surface area contributed by atoms with Gasteiger partial charge in [-0.2, -0.15) is 0 Å². The van der Waals surface area contributed by atoms with Crippen LogP contribution >= 0.6 is 0 Å². The summed E-state index contributed by atoms with van der Waals surface area (Å²) in [5.41, 5.74) is -0.346. The van der Waals surface area contributed by atoms with Crippen LogP contribution in [0, 0.1) is 11.2 Å². The van der Waals surface area contributed by atoms with Gasteiger partial charge in [0, 0.05) is 5.56 Å². The zero-order chi connectivity index (χ0) is 11.6. The molecule has 1 aromatic rings. The summed E-state index contributed by atoms with van der Waals surface area (Å²) in [7, 11) is 0. The number of halogens is 1. The number of rotatable bonds is 2. The first-order valence-electron chi connectivity index (χ1n) is 4.94. The summed E-state index contributed by atoms with van der Waals surface area (Å²) in [6, 6.07) is 5.94. The van der Waals surface area contributed by atoms with Gasteiger partial charge in [-0.05, 0) is 11.5 Å². The monoisotopic (exact) mass is 212 g/mol. The van der Waals surface area contributed by atoms with Crippen LogP contribution in [-0.2, 0) is 0 Å². The van der Waals surface area contributed by atoms with Crippen molar-refractivity contribution in [1.29, 1.82) is 0 Å². The maximum absolute atomic E-state index is 13.3. The number of aliphatic hydroxyl groups excluding tert-OH is 2. The first-order chi connectivity index (χ1) is 6.84. The third kappa shape index (κ3) is 2.76. The average Bonchev–Trinajstić information content (AvgIpc) is 2.15. The highest BCUT2D eigenvalue weighted by molar-refractivity contribution is 5.21. The smallest absolute Gasteiger partial charge is 0.129 e. The van der Waals surface area contributed by atoms with Crippen molar-refractivity contribution in [2.75, 3.05) is 0 Å². The lowest BCUT2D eigenvalue weighted by Crippen LogP contribution is -2.32. The Morgan fingerprint density at radius 2 is 1.67 bits per heavy atom. The molecule has 0 heterocycles.